The van der Waals surface area contributed by atoms with Gasteiger partial charge in [0, 0.05) is 25.3 Å². The van der Waals surface area contributed by atoms with Crippen LogP contribution >= 0.6 is 0 Å². The lowest BCUT2D eigenvalue weighted by Crippen LogP contribution is -2.40. The molecule has 0 bridgehead atoms. The molecule has 3 nitrogen and oxygen atoms in total. The van der Waals surface area contributed by atoms with Crippen molar-refractivity contribution in [2.24, 2.45) is 10.9 Å². The van der Waals surface area contributed by atoms with Crippen molar-refractivity contribution < 1.29 is 4.74 Å². The fourth-order valence-electron chi connectivity index (χ4n) is 2.89. The van der Waals surface area contributed by atoms with Crippen LogP contribution in [-0.4, -0.2) is 49.5 Å². The van der Waals surface area contributed by atoms with Gasteiger partial charge in [0.2, 0.25) is 0 Å². The summed E-state index contributed by atoms with van der Waals surface area (Å²) in [5.41, 5.74) is 2.50. The van der Waals surface area contributed by atoms with E-state index >= 15 is 0 Å². The molecule has 1 aliphatic rings. The molecule has 3 heteroatoms. The van der Waals surface area contributed by atoms with E-state index in [0.717, 1.165) is 32.8 Å². The number of hydrogen-bond acceptors (Lipinski definition) is 3. The van der Waals surface area contributed by atoms with E-state index < -0.39 is 0 Å². The zero-order valence-corrected chi connectivity index (χ0v) is 14.3. The molecule has 0 amide bonds. The third-order valence-electron chi connectivity index (χ3n) is 3.95. The molecule has 0 aromatic rings. The second kappa shape index (κ2) is 9.91. The lowest BCUT2D eigenvalue weighted by atomic mass is 9.94. The summed E-state index contributed by atoms with van der Waals surface area (Å²) in [6.45, 7) is 17.5. The minimum atomic E-state index is 0.325. The molecule has 1 aliphatic heterocycles. The highest BCUT2D eigenvalue weighted by molar-refractivity contribution is 6.01. The zero-order valence-electron chi connectivity index (χ0n) is 14.3. The molecule has 1 heterocycles. The molecular weight excluding hydrogens is 260 g/mol. The first-order valence-corrected chi connectivity index (χ1v) is 8.26. The number of aliphatic imine (C=N–C) groups is 1. The van der Waals surface area contributed by atoms with Crippen LogP contribution in [0.5, 0.6) is 0 Å². The molecule has 1 fully saturated rings. The summed E-state index contributed by atoms with van der Waals surface area (Å²) in [7, 11) is 0. The Labute approximate surface area is 130 Å². The largest absolute Gasteiger partial charge is 0.379 e. The van der Waals surface area contributed by atoms with Crippen LogP contribution in [-0.2, 0) is 4.74 Å². The van der Waals surface area contributed by atoms with Crippen molar-refractivity contribution in [2.75, 3.05) is 32.8 Å². The second-order valence-electron chi connectivity index (χ2n) is 6.05. The standard InChI is InChI=1S/C18H32N2O/c1-6-8-15(3)18(16(4)9-7-2)19-17(5)14-20-10-12-21-13-11-20/h6,8,16-17H,1,7,9-14H2,2-5H3/b15-8+,19-18?. The maximum atomic E-state index is 5.41. The van der Waals surface area contributed by atoms with E-state index in [9.17, 15) is 0 Å². The van der Waals surface area contributed by atoms with Gasteiger partial charge in [-0.1, -0.05) is 39.0 Å². The zero-order chi connectivity index (χ0) is 15.7. The van der Waals surface area contributed by atoms with Crippen LogP contribution in [0.3, 0.4) is 0 Å². The van der Waals surface area contributed by atoms with Crippen LogP contribution in [0, 0.1) is 5.92 Å². The van der Waals surface area contributed by atoms with Crippen molar-refractivity contribution in [1.82, 2.24) is 4.90 Å². The molecule has 0 aromatic heterocycles. The smallest absolute Gasteiger partial charge is 0.0601 e. The highest BCUT2D eigenvalue weighted by Crippen LogP contribution is 2.16. The first kappa shape index (κ1) is 18.1. The van der Waals surface area contributed by atoms with Crippen molar-refractivity contribution in [3.05, 3.63) is 24.3 Å². The number of morpholine rings is 1. The molecular formula is C18H32N2O. The van der Waals surface area contributed by atoms with Crippen LogP contribution in [0.2, 0.25) is 0 Å². The van der Waals surface area contributed by atoms with E-state index in [2.05, 4.69) is 45.2 Å². The van der Waals surface area contributed by atoms with Crippen LogP contribution in [0.1, 0.15) is 40.5 Å². The Bertz CT molecular complexity index is 367. The predicted octanol–water partition coefficient (Wildman–Crippen LogP) is 3.72. The molecule has 2 unspecified atom stereocenters. The van der Waals surface area contributed by atoms with Crippen molar-refractivity contribution in [2.45, 2.75) is 46.6 Å². The molecule has 0 aliphatic carbocycles. The average molecular weight is 292 g/mol. The Morgan fingerprint density at radius 2 is 2.00 bits per heavy atom. The Kier molecular flexibility index (Phi) is 8.55. The molecule has 0 saturated carbocycles. The summed E-state index contributed by atoms with van der Waals surface area (Å²) < 4.78 is 5.41. The lowest BCUT2D eigenvalue weighted by molar-refractivity contribution is 0.0361. The van der Waals surface area contributed by atoms with Gasteiger partial charge in [-0.15, -0.1) is 0 Å². The minimum absolute atomic E-state index is 0.325. The van der Waals surface area contributed by atoms with Crippen LogP contribution in [0.4, 0.5) is 0 Å². The fourth-order valence-corrected chi connectivity index (χ4v) is 2.89. The van der Waals surface area contributed by atoms with Gasteiger partial charge >= 0.3 is 0 Å². The summed E-state index contributed by atoms with van der Waals surface area (Å²) >= 11 is 0. The van der Waals surface area contributed by atoms with Gasteiger partial charge < -0.3 is 4.74 Å². The van der Waals surface area contributed by atoms with Gasteiger partial charge in [0.15, 0.2) is 0 Å². The summed E-state index contributed by atoms with van der Waals surface area (Å²) in [4.78, 5) is 7.48. The summed E-state index contributed by atoms with van der Waals surface area (Å²) in [6, 6.07) is 0.325. The van der Waals surface area contributed by atoms with Crippen LogP contribution < -0.4 is 0 Å². The lowest BCUT2D eigenvalue weighted by Gasteiger charge is -2.28. The molecule has 0 spiro atoms. The van der Waals surface area contributed by atoms with E-state index in [1.54, 1.807) is 0 Å². The second-order valence-corrected chi connectivity index (χ2v) is 6.05. The summed E-state index contributed by atoms with van der Waals surface area (Å²) in [5, 5.41) is 0. The molecule has 21 heavy (non-hydrogen) atoms. The monoisotopic (exact) mass is 292 g/mol. The van der Waals surface area contributed by atoms with Gasteiger partial charge in [0.25, 0.3) is 0 Å². The van der Waals surface area contributed by atoms with Crippen LogP contribution in [0.15, 0.2) is 29.3 Å². The van der Waals surface area contributed by atoms with E-state index in [1.165, 1.54) is 24.1 Å². The van der Waals surface area contributed by atoms with Gasteiger partial charge in [0.05, 0.1) is 19.3 Å². The maximum Gasteiger partial charge on any atom is 0.0601 e. The number of allylic oxidation sites excluding steroid dienone is 3. The van der Waals surface area contributed by atoms with Crippen molar-refractivity contribution in [3.8, 4) is 0 Å². The molecule has 0 N–H and O–H groups in total. The van der Waals surface area contributed by atoms with Crippen molar-refractivity contribution in [1.29, 1.82) is 0 Å². The quantitative estimate of drug-likeness (QED) is 0.503. The maximum absolute atomic E-state index is 5.41. The molecule has 120 valence electrons. The Balaban J connectivity index is 2.74. The topological polar surface area (TPSA) is 24.8 Å². The van der Waals surface area contributed by atoms with Gasteiger partial charge in [-0.2, -0.15) is 0 Å². The minimum Gasteiger partial charge on any atom is -0.379 e. The number of rotatable bonds is 8. The van der Waals surface area contributed by atoms with Gasteiger partial charge in [-0.25, -0.2) is 0 Å². The molecule has 1 rings (SSSR count). The van der Waals surface area contributed by atoms with Gasteiger partial charge in [0.1, 0.15) is 0 Å². The van der Waals surface area contributed by atoms with E-state index in [0.29, 0.717) is 12.0 Å². The molecule has 0 radical (unpaired) electrons. The van der Waals surface area contributed by atoms with E-state index in [1.807, 2.05) is 6.08 Å². The van der Waals surface area contributed by atoms with Gasteiger partial charge in [-0.05, 0) is 31.8 Å². The first-order valence-electron chi connectivity index (χ1n) is 8.26. The van der Waals surface area contributed by atoms with E-state index in [4.69, 9.17) is 9.73 Å². The predicted molar refractivity (Wildman–Crippen MR) is 92.2 cm³/mol. The number of ether oxygens (including phenoxy) is 1. The van der Waals surface area contributed by atoms with Crippen molar-refractivity contribution in [3.63, 3.8) is 0 Å². The Hall–Kier alpha value is -0.930. The third-order valence-corrected chi connectivity index (χ3v) is 3.95. The summed E-state index contributed by atoms with van der Waals surface area (Å²) in [5.74, 6) is 0.512. The Morgan fingerprint density at radius 3 is 2.57 bits per heavy atom. The Morgan fingerprint density at radius 1 is 1.33 bits per heavy atom. The highest BCUT2D eigenvalue weighted by atomic mass is 16.5. The van der Waals surface area contributed by atoms with Crippen LogP contribution in [0.25, 0.3) is 0 Å². The normalized spacial score (nSPS) is 21.1. The summed E-state index contributed by atoms with van der Waals surface area (Å²) in [6.07, 6.45) is 6.31. The fraction of sp³-hybridized carbons (Fsp3) is 0.722. The van der Waals surface area contributed by atoms with Gasteiger partial charge in [-0.3, -0.25) is 9.89 Å². The molecule has 1 saturated heterocycles. The van der Waals surface area contributed by atoms with E-state index in [-0.39, 0.29) is 0 Å². The number of nitrogens with zero attached hydrogens (tertiary/aromatic N) is 2. The molecule has 2 atom stereocenters. The van der Waals surface area contributed by atoms with Crippen molar-refractivity contribution >= 4 is 5.71 Å². The third kappa shape index (κ3) is 6.58. The SMILES string of the molecule is C=C/C=C(\C)C(=NC(C)CN1CCOCC1)C(C)CCC. The average Bonchev–Trinajstić information content (AvgIpc) is 2.46. The first-order chi connectivity index (χ1) is 10.1. The highest BCUT2D eigenvalue weighted by Gasteiger charge is 2.16. The number of hydrogen-bond donors (Lipinski definition) is 0. The molecule has 0 aromatic carbocycles.